The number of benzene rings is 1. The summed E-state index contributed by atoms with van der Waals surface area (Å²) in [4.78, 5) is 0. The highest BCUT2D eigenvalue weighted by atomic mass is 35.5. The largest absolute Gasteiger partial charge is 0.313 e. The summed E-state index contributed by atoms with van der Waals surface area (Å²) in [6, 6.07) is 9.20. The molecule has 0 amide bonds. The summed E-state index contributed by atoms with van der Waals surface area (Å²) in [5.74, 6) is 0.667. The van der Waals surface area contributed by atoms with Crippen molar-refractivity contribution in [2.24, 2.45) is 7.05 Å². The lowest BCUT2D eigenvalue weighted by Gasteiger charge is -2.06. The van der Waals surface area contributed by atoms with Crippen LogP contribution in [0.3, 0.4) is 0 Å². The van der Waals surface area contributed by atoms with Crippen LogP contribution >= 0.6 is 34.5 Å². The molecule has 0 bridgehead atoms. The minimum atomic E-state index is 0.483. The lowest BCUT2D eigenvalue weighted by atomic mass is 10.2. The van der Waals surface area contributed by atoms with Crippen LogP contribution in [-0.2, 0) is 13.6 Å². The summed E-state index contributed by atoms with van der Waals surface area (Å²) in [5, 5.41) is 22.8. The zero-order chi connectivity index (χ0) is 18.1. The molecular weight excluding hydrogens is 393 g/mol. The smallest absolute Gasteiger partial charge is 0.211 e. The van der Waals surface area contributed by atoms with E-state index in [1.807, 2.05) is 43.6 Å². The van der Waals surface area contributed by atoms with Crippen molar-refractivity contribution < 1.29 is 0 Å². The fraction of sp³-hybridized carbons (Fsp3) is 0.125. The Morgan fingerprint density at radius 1 is 1.12 bits per heavy atom. The number of hydrogen-bond acceptors (Lipinski definition) is 6. The van der Waals surface area contributed by atoms with Crippen LogP contribution in [0.5, 0.6) is 0 Å². The van der Waals surface area contributed by atoms with Crippen LogP contribution in [0.4, 0.5) is 10.9 Å². The van der Waals surface area contributed by atoms with Crippen LogP contribution in [0.2, 0.25) is 10.0 Å². The highest BCUT2D eigenvalue weighted by Gasteiger charge is 2.12. The van der Waals surface area contributed by atoms with Crippen LogP contribution in [0.1, 0.15) is 5.56 Å². The van der Waals surface area contributed by atoms with Gasteiger partial charge in [0.05, 0.1) is 12.2 Å². The first-order valence-corrected chi connectivity index (χ1v) is 9.22. The average molecular weight is 406 g/mol. The second-order valence-corrected chi connectivity index (χ2v) is 7.27. The standard InChI is InChI=1S/C16H13Cl2N7S/c1-24-13(5-7-19-24)15-21-22-16(26-15)20-14-6-8-25(23-14)9-10-11(17)3-2-4-12(10)18/h2-8H,9H2,1H3,(H,20,22,23). The Hall–Kier alpha value is -2.42. The number of aromatic nitrogens is 6. The molecule has 0 aliphatic heterocycles. The summed E-state index contributed by atoms with van der Waals surface area (Å²) < 4.78 is 3.52. The Morgan fingerprint density at radius 2 is 1.92 bits per heavy atom. The van der Waals surface area contributed by atoms with Crippen molar-refractivity contribution >= 4 is 45.5 Å². The lowest BCUT2D eigenvalue weighted by Crippen LogP contribution is -2.02. The van der Waals surface area contributed by atoms with Gasteiger partial charge in [0.25, 0.3) is 0 Å². The van der Waals surface area contributed by atoms with Crippen molar-refractivity contribution in [3.8, 4) is 10.7 Å². The molecule has 3 heterocycles. The molecule has 26 heavy (non-hydrogen) atoms. The fourth-order valence-corrected chi connectivity index (χ4v) is 3.76. The summed E-state index contributed by atoms with van der Waals surface area (Å²) in [7, 11) is 1.87. The number of hydrogen-bond donors (Lipinski definition) is 1. The van der Waals surface area contributed by atoms with E-state index in [1.54, 1.807) is 15.6 Å². The molecular formula is C16H13Cl2N7S. The van der Waals surface area contributed by atoms with E-state index < -0.39 is 0 Å². The predicted octanol–water partition coefficient (Wildman–Crippen LogP) is 4.23. The fourth-order valence-electron chi connectivity index (χ4n) is 2.43. The van der Waals surface area contributed by atoms with Gasteiger partial charge in [-0.3, -0.25) is 9.36 Å². The van der Waals surface area contributed by atoms with Gasteiger partial charge in [-0.25, -0.2) is 0 Å². The van der Waals surface area contributed by atoms with E-state index in [0.717, 1.165) is 16.3 Å². The van der Waals surface area contributed by atoms with Gasteiger partial charge in [-0.05, 0) is 18.2 Å². The zero-order valence-corrected chi connectivity index (χ0v) is 15.9. The second kappa shape index (κ2) is 7.06. The molecule has 0 fully saturated rings. The Morgan fingerprint density at radius 3 is 2.65 bits per heavy atom. The molecule has 0 atom stereocenters. The van der Waals surface area contributed by atoms with Crippen molar-refractivity contribution in [3.05, 3.63) is 58.3 Å². The third-order valence-electron chi connectivity index (χ3n) is 3.72. The summed E-state index contributed by atoms with van der Waals surface area (Å²) in [5.41, 5.74) is 1.74. The van der Waals surface area contributed by atoms with E-state index in [-0.39, 0.29) is 0 Å². The van der Waals surface area contributed by atoms with E-state index >= 15 is 0 Å². The quantitative estimate of drug-likeness (QED) is 0.537. The average Bonchev–Trinajstić information content (AvgIpc) is 3.33. The number of rotatable bonds is 5. The molecule has 1 N–H and O–H groups in total. The minimum absolute atomic E-state index is 0.483. The number of anilines is 2. The number of nitrogens with zero attached hydrogens (tertiary/aromatic N) is 6. The molecule has 3 aromatic heterocycles. The first-order chi connectivity index (χ1) is 12.6. The molecule has 1 aromatic carbocycles. The Bertz CT molecular complexity index is 1030. The molecule has 10 heteroatoms. The van der Waals surface area contributed by atoms with E-state index in [9.17, 15) is 0 Å². The summed E-state index contributed by atoms with van der Waals surface area (Å²) in [6.07, 6.45) is 3.58. The van der Waals surface area contributed by atoms with E-state index in [2.05, 4.69) is 25.7 Å². The first-order valence-electron chi connectivity index (χ1n) is 7.65. The molecule has 4 aromatic rings. The topological polar surface area (TPSA) is 73.5 Å². The number of nitrogens with one attached hydrogen (secondary N) is 1. The van der Waals surface area contributed by atoms with Gasteiger partial charge in [-0.15, -0.1) is 10.2 Å². The Balaban J connectivity index is 1.49. The highest BCUT2D eigenvalue weighted by Crippen LogP contribution is 2.28. The Labute approximate surface area is 163 Å². The van der Waals surface area contributed by atoms with Crippen molar-refractivity contribution in [1.82, 2.24) is 29.8 Å². The van der Waals surface area contributed by atoms with E-state index in [0.29, 0.717) is 27.5 Å². The molecule has 132 valence electrons. The van der Waals surface area contributed by atoms with Crippen LogP contribution in [0, 0.1) is 0 Å². The molecule has 0 saturated carbocycles. The third-order valence-corrected chi connectivity index (χ3v) is 5.29. The lowest BCUT2D eigenvalue weighted by molar-refractivity contribution is 0.690. The van der Waals surface area contributed by atoms with Crippen molar-refractivity contribution in [1.29, 1.82) is 0 Å². The second-order valence-electron chi connectivity index (χ2n) is 5.48. The van der Waals surface area contributed by atoms with Gasteiger partial charge in [0.2, 0.25) is 5.13 Å². The maximum Gasteiger partial charge on any atom is 0.211 e. The molecule has 0 aliphatic rings. The van der Waals surface area contributed by atoms with Crippen LogP contribution in [0.25, 0.3) is 10.7 Å². The van der Waals surface area contributed by atoms with Crippen molar-refractivity contribution in [3.63, 3.8) is 0 Å². The number of halogens is 2. The summed E-state index contributed by atoms with van der Waals surface area (Å²) >= 11 is 13.9. The van der Waals surface area contributed by atoms with Gasteiger partial charge < -0.3 is 5.32 Å². The van der Waals surface area contributed by atoms with Gasteiger partial charge in [-0.1, -0.05) is 40.6 Å². The molecule has 0 spiro atoms. The molecule has 4 rings (SSSR count). The SMILES string of the molecule is Cn1nccc1-c1nnc(Nc2ccn(Cc3c(Cl)cccc3Cl)n2)s1. The van der Waals surface area contributed by atoms with Crippen LogP contribution in [0.15, 0.2) is 42.7 Å². The van der Waals surface area contributed by atoms with Crippen LogP contribution in [-0.4, -0.2) is 29.8 Å². The predicted molar refractivity (Wildman–Crippen MR) is 103 cm³/mol. The molecule has 0 radical (unpaired) electrons. The molecule has 0 unspecified atom stereocenters. The monoisotopic (exact) mass is 405 g/mol. The number of aryl methyl sites for hydroxylation is 1. The molecule has 0 aliphatic carbocycles. The summed E-state index contributed by atoms with van der Waals surface area (Å²) in [6.45, 7) is 0.483. The Kier molecular flexibility index (Phi) is 4.62. The molecule has 7 nitrogen and oxygen atoms in total. The molecule has 0 saturated heterocycles. The van der Waals surface area contributed by atoms with Crippen molar-refractivity contribution in [2.75, 3.05) is 5.32 Å². The highest BCUT2D eigenvalue weighted by molar-refractivity contribution is 7.18. The van der Waals surface area contributed by atoms with Crippen molar-refractivity contribution in [2.45, 2.75) is 6.54 Å². The third kappa shape index (κ3) is 3.44. The normalized spacial score (nSPS) is 11.0. The first kappa shape index (κ1) is 17.0. The van der Waals surface area contributed by atoms with E-state index in [1.165, 1.54) is 11.3 Å². The van der Waals surface area contributed by atoms with Gasteiger partial charge in [0.15, 0.2) is 10.8 Å². The maximum absolute atomic E-state index is 6.22. The van der Waals surface area contributed by atoms with Crippen LogP contribution < -0.4 is 5.32 Å². The van der Waals surface area contributed by atoms with Gasteiger partial charge >= 0.3 is 0 Å². The minimum Gasteiger partial charge on any atom is -0.313 e. The van der Waals surface area contributed by atoms with Gasteiger partial charge in [0, 0.05) is 41.1 Å². The van der Waals surface area contributed by atoms with E-state index in [4.69, 9.17) is 23.2 Å². The maximum atomic E-state index is 6.22. The zero-order valence-electron chi connectivity index (χ0n) is 13.6. The van der Waals surface area contributed by atoms with Gasteiger partial charge in [-0.2, -0.15) is 10.2 Å². The van der Waals surface area contributed by atoms with Gasteiger partial charge in [0.1, 0.15) is 0 Å².